The van der Waals surface area contributed by atoms with Crippen LogP contribution >= 0.6 is 0 Å². The van der Waals surface area contributed by atoms with Gasteiger partial charge < -0.3 is 5.73 Å². The van der Waals surface area contributed by atoms with E-state index >= 15 is 0 Å². The molecule has 0 atom stereocenters. The number of anilines is 1. The summed E-state index contributed by atoms with van der Waals surface area (Å²) in [6.45, 7) is 0. The van der Waals surface area contributed by atoms with E-state index in [2.05, 4.69) is 5.10 Å². The third-order valence-electron chi connectivity index (χ3n) is 2.68. The van der Waals surface area contributed by atoms with Crippen LogP contribution in [0.4, 0.5) is 10.1 Å². The second-order valence-corrected chi connectivity index (χ2v) is 3.63. The molecule has 1 saturated carbocycles. The molecular formula is C9H14FN3. The molecule has 0 unspecified atom stereocenters. The summed E-state index contributed by atoms with van der Waals surface area (Å²) in [5, 5.41) is 3.96. The minimum atomic E-state index is -0.369. The number of nitrogens with two attached hydrogens (primary N) is 1. The molecule has 0 bridgehead atoms. The maximum absolute atomic E-state index is 13.3. The Hall–Kier alpha value is -1.06. The summed E-state index contributed by atoms with van der Waals surface area (Å²) in [5.74, 6) is -0.369. The van der Waals surface area contributed by atoms with E-state index in [0.29, 0.717) is 0 Å². The van der Waals surface area contributed by atoms with Crippen molar-refractivity contribution in [2.24, 2.45) is 0 Å². The molecule has 1 heterocycles. The Morgan fingerprint density at radius 2 is 2.08 bits per heavy atom. The van der Waals surface area contributed by atoms with Gasteiger partial charge in [0.05, 0.1) is 12.2 Å². The molecule has 1 fully saturated rings. The van der Waals surface area contributed by atoms with E-state index in [-0.39, 0.29) is 17.7 Å². The van der Waals surface area contributed by atoms with Crippen molar-refractivity contribution in [1.82, 2.24) is 9.78 Å². The summed E-state index contributed by atoms with van der Waals surface area (Å²) in [6.07, 6.45) is 7.04. The van der Waals surface area contributed by atoms with Crippen LogP contribution in [0.15, 0.2) is 6.20 Å². The second-order valence-electron chi connectivity index (χ2n) is 3.63. The van der Waals surface area contributed by atoms with Crippen LogP contribution in [-0.4, -0.2) is 9.78 Å². The van der Waals surface area contributed by atoms with Crippen LogP contribution in [0, 0.1) is 5.95 Å². The standard InChI is InChI=1S/C9H14FN3/c10-9-8(11)6-12-13(9)7-4-2-1-3-5-7/h6-7H,1-5,11H2. The minimum Gasteiger partial charge on any atom is -0.394 e. The fourth-order valence-corrected chi connectivity index (χ4v) is 1.94. The average molecular weight is 183 g/mol. The summed E-state index contributed by atoms with van der Waals surface area (Å²) in [5.41, 5.74) is 5.55. The van der Waals surface area contributed by atoms with Crippen molar-refractivity contribution in [3.8, 4) is 0 Å². The SMILES string of the molecule is Nc1cnn(C2CCCCC2)c1F. The zero-order valence-electron chi connectivity index (χ0n) is 7.54. The highest BCUT2D eigenvalue weighted by molar-refractivity contribution is 5.32. The number of halogens is 1. The predicted octanol–water partition coefficient (Wildman–Crippen LogP) is 2.11. The summed E-state index contributed by atoms with van der Waals surface area (Å²) in [4.78, 5) is 0. The molecule has 0 radical (unpaired) electrons. The molecule has 4 heteroatoms. The molecule has 72 valence electrons. The van der Waals surface area contributed by atoms with Gasteiger partial charge in [0.2, 0.25) is 5.95 Å². The number of nitrogen functional groups attached to an aromatic ring is 1. The second kappa shape index (κ2) is 3.36. The van der Waals surface area contributed by atoms with Crippen molar-refractivity contribution >= 4 is 5.69 Å². The molecule has 1 aliphatic rings. The van der Waals surface area contributed by atoms with Gasteiger partial charge in [-0.15, -0.1) is 0 Å². The monoisotopic (exact) mass is 183 g/mol. The summed E-state index contributed by atoms with van der Waals surface area (Å²) >= 11 is 0. The third kappa shape index (κ3) is 1.53. The molecule has 1 aromatic heterocycles. The van der Waals surface area contributed by atoms with Gasteiger partial charge in [-0.3, -0.25) is 0 Å². The van der Waals surface area contributed by atoms with Gasteiger partial charge in [0, 0.05) is 0 Å². The molecule has 1 aliphatic carbocycles. The van der Waals surface area contributed by atoms with Crippen LogP contribution in [0.2, 0.25) is 0 Å². The van der Waals surface area contributed by atoms with Gasteiger partial charge in [-0.05, 0) is 12.8 Å². The maximum Gasteiger partial charge on any atom is 0.234 e. The first kappa shape index (κ1) is 8.53. The number of nitrogens with zero attached hydrogens (tertiary/aromatic N) is 2. The summed E-state index contributed by atoms with van der Waals surface area (Å²) in [6, 6.07) is 0.228. The van der Waals surface area contributed by atoms with Crippen molar-refractivity contribution in [3.63, 3.8) is 0 Å². The van der Waals surface area contributed by atoms with Crippen molar-refractivity contribution < 1.29 is 4.39 Å². The minimum absolute atomic E-state index is 0.158. The average Bonchev–Trinajstić information content (AvgIpc) is 2.49. The Morgan fingerprint density at radius 1 is 1.38 bits per heavy atom. The van der Waals surface area contributed by atoms with Crippen LogP contribution in [0.1, 0.15) is 38.1 Å². The highest BCUT2D eigenvalue weighted by atomic mass is 19.1. The largest absolute Gasteiger partial charge is 0.394 e. The Balaban J connectivity index is 2.18. The molecule has 0 spiro atoms. The Kier molecular flexibility index (Phi) is 2.20. The topological polar surface area (TPSA) is 43.8 Å². The molecule has 2 rings (SSSR count). The zero-order valence-corrected chi connectivity index (χ0v) is 7.54. The Labute approximate surface area is 76.7 Å². The third-order valence-corrected chi connectivity index (χ3v) is 2.68. The van der Waals surface area contributed by atoms with Gasteiger partial charge in [-0.2, -0.15) is 9.49 Å². The van der Waals surface area contributed by atoms with E-state index < -0.39 is 0 Å². The lowest BCUT2D eigenvalue weighted by atomic mass is 9.96. The van der Waals surface area contributed by atoms with Crippen molar-refractivity contribution in [3.05, 3.63) is 12.1 Å². The zero-order chi connectivity index (χ0) is 9.26. The number of hydrogen-bond donors (Lipinski definition) is 1. The van der Waals surface area contributed by atoms with Crippen LogP contribution in [0.5, 0.6) is 0 Å². The van der Waals surface area contributed by atoms with Crippen LogP contribution in [-0.2, 0) is 0 Å². The van der Waals surface area contributed by atoms with Gasteiger partial charge in [-0.25, -0.2) is 4.68 Å². The first-order chi connectivity index (χ1) is 6.29. The van der Waals surface area contributed by atoms with Crippen LogP contribution in [0.3, 0.4) is 0 Å². The normalized spacial score (nSPS) is 19.2. The number of aromatic nitrogens is 2. The molecule has 0 aliphatic heterocycles. The maximum atomic E-state index is 13.3. The van der Waals surface area contributed by atoms with Gasteiger partial charge in [-0.1, -0.05) is 19.3 Å². The van der Waals surface area contributed by atoms with E-state index in [4.69, 9.17) is 5.73 Å². The first-order valence-electron chi connectivity index (χ1n) is 4.77. The lowest BCUT2D eigenvalue weighted by Gasteiger charge is -2.21. The van der Waals surface area contributed by atoms with E-state index in [9.17, 15) is 4.39 Å². The smallest absolute Gasteiger partial charge is 0.234 e. The van der Waals surface area contributed by atoms with Gasteiger partial charge >= 0.3 is 0 Å². The molecule has 0 aromatic carbocycles. The lowest BCUT2D eigenvalue weighted by molar-refractivity contribution is 0.294. The molecule has 0 saturated heterocycles. The number of hydrogen-bond acceptors (Lipinski definition) is 2. The molecule has 0 amide bonds. The highest BCUT2D eigenvalue weighted by Gasteiger charge is 2.19. The van der Waals surface area contributed by atoms with Gasteiger partial charge in [0.15, 0.2) is 0 Å². The highest BCUT2D eigenvalue weighted by Crippen LogP contribution is 2.29. The Bertz CT molecular complexity index is 289. The van der Waals surface area contributed by atoms with E-state index in [1.165, 1.54) is 30.1 Å². The lowest BCUT2D eigenvalue weighted by Crippen LogP contribution is -2.16. The van der Waals surface area contributed by atoms with Crippen molar-refractivity contribution in [2.75, 3.05) is 5.73 Å². The van der Waals surface area contributed by atoms with Crippen LogP contribution in [0.25, 0.3) is 0 Å². The molecule has 2 N–H and O–H groups in total. The fourth-order valence-electron chi connectivity index (χ4n) is 1.94. The molecule has 3 nitrogen and oxygen atoms in total. The summed E-state index contributed by atoms with van der Waals surface area (Å²) in [7, 11) is 0. The summed E-state index contributed by atoms with van der Waals surface area (Å²) < 4.78 is 14.8. The van der Waals surface area contributed by atoms with Gasteiger partial charge in [0.25, 0.3) is 0 Å². The fraction of sp³-hybridized carbons (Fsp3) is 0.667. The number of rotatable bonds is 1. The molecule has 13 heavy (non-hydrogen) atoms. The van der Waals surface area contributed by atoms with Gasteiger partial charge in [0.1, 0.15) is 5.69 Å². The van der Waals surface area contributed by atoms with E-state index in [1.807, 2.05) is 0 Å². The first-order valence-corrected chi connectivity index (χ1v) is 4.77. The predicted molar refractivity (Wildman–Crippen MR) is 48.7 cm³/mol. The van der Waals surface area contributed by atoms with Crippen molar-refractivity contribution in [2.45, 2.75) is 38.1 Å². The Morgan fingerprint density at radius 3 is 2.62 bits per heavy atom. The van der Waals surface area contributed by atoms with Crippen LogP contribution < -0.4 is 5.73 Å². The van der Waals surface area contributed by atoms with Crippen molar-refractivity contribution in [1.29, 1.82) is 0 Å². The molecular weight excluding hydrogens is 169 g/mol. The van der Waals surface area contributed by atoms with E-state index in [0.717, 1.165) is 12.8 Å². The quantitative estimate of drug-likeness (QED) is 0.724. The molecule has 1 aromatic rings. The van der Waals surface area contributed by atoms with E-state index in [1.54, 1.807) is 0 Å².